The zero-order valence-electron chi connectivity index (χ0n) is 11.1. The Morgan fingerprint density at radius 3 is 2.53 bits per heavy atom. The van der Waals surface area contributed by atoms with Crippen LogP contribution in [0.1, 0.15) is 45.7 Å². The predicted molar refractivity (Wildman–Crippen MR) is 71.0 cm³/mol. The second kappa shape index (κ2) is 5.60. The molecule has 0 aliphatic rings. The minimum atomic E-state index is -0.229. The maximum absolute atomic E-state index is 11.9. The summed E-state index contributed by atoms with van der Waals surface area (Å²) in [5.74, 6) is 0.0147. The zero-order chi connectivity index (χ0) is 13.1. The molecule has 2 atom stereocenters. The van der Waals surface area contributed by atoms with Crippen molar-refractivity contribution in [3.63, 3.8) is 0 Å². The molecule has 0 bridgehead atoms. The van der Waals surface area contributed by atoms with Crippen molar-refractivity contribution >= 4 is 17.2 Å². The summed E-state index contributed by atoms with van der Waals surface area (Å²) in [6.07, 6.45) is 1.78. The fraction of sp³-hybridized carbons (Fsp3) is 0.667. The number of aromatic nitrogens is 1. The summed E-state index contributed by atoms with van der Waals surface area (Å²) in [5, 5.41) is 9.13. The molecule has 0 aliphatic heterocycles. The number of hydrogen-bond acceptors (Lipinski definition) is 4. The maximum atomic E-state index is 11.9. The lowest BCUT2D eigenvalue weighted by Crippen LogP contribution is -2.49. The van der Waals surface area contributed by atoms with E-state index in [0.29, 0.717) is 0 Å². The predicted octanol–water partition coefficient (Wildman–Crippen LogP) is 2.10. The van der Waals surface area contributed by atoms with Gasteiger partial charge in [0.15, 0.2) is 0 Å². The van der Waals surface area contributed by atoms with Gasteiger partial charge in [0, 0.05) is 17.1 Å². The van der Waals surface area contributed by atoms with E-state index in [1.54, 1.807) is 17.5 Å². The van der Waals surface area contributed by atoms with Crippen molar-refractivity contribution in [1.82, 2.24) is 15.6 Å². The average molecular weight is 255 g/mol. The van der Waals surface area contributed by atoms with E-state index in [4.69, 9.17) is 0 Å². The van der Waals surface area contributed by atoms with Gasteiger partial charge in [-0.1, -0.05) is 0 Å². The Morgan fingerprint density at radius 2 is 2.06 bits per heavy atom. The van der Waals surface area contributed by atoms with Crippen molar-refractivity contribution in [3.05, 3.63) is 16.6 Å². The van der Waals surface area contributed by atoms with Gasteiger partial charge < -0.3 is 5.32 Å². The standard InChI is InChI=1S/C12H21N3OS/c1-8(10(16)15-12(3,4)5)14-9(2)11-13-6-7-17-11/h6-9,14H,1-5H3,(H,15,16). The van der Waals surface area contributed by atoms with Crippen LogP contribution in [0.2, 0.25) is 0 Å². The van der Waals surface area contributed by atoms with Gasteiger partial charge in [0.2, 0.25) is 5.91 Å². The molecule has 0 spiro atoms. The van der Waals surface area contributed by atoms with E-state index in [1.165, 1.54) is 0 Å². The van der Waals surface area contributed by atoms with Crippen molar-refractivity contribution in [3.8, 4) is 0 Å². The second-order valence-corrected chi connectivity index (χ2v) is 6.15. The molecule has 2 unspecified atom stereocenters. The van der Waals surface area contributed by atoms with E-state index in [9.17, 15) is 4.79 Å². The summed E-state index contributed by atoms with van der Waals surface area (Å²) in [7, 11) is 0. The molecule has 1 aromatic rings. The molecule has 0 saturated carbocycles. The molecule has 0 aromatic carbocycles. The Hall–Kier alpha value is -0.940. The first kappa shape index (κ1) is 14.1. The molecule has 0 fully saturated rings. The van der Waals surface area contributed by atoms with Gasteiger partial charge in [0.25, 0.3) is 0 Å². The zero-order valence-corrected chi connectivity index (χ0v) is 11.9. The summed E-state index contributed by atoms with van der Waals surface area (Å²) in [4.78, 5) is 16.1. The fourth-order valence-electron chi connectivity index (χ4n) is 1.45. The third-order valence-electron chi connectivity index (χ3n) is 2.21. The Balaban J connectivity index is 2.49. The molecule has 5 heteroatoms. The lowest BCUT2D eigenvalue weighted by atomic mass is 10.1. The van der Waals surface area contributed by atoms with Gasteiger partial charge in [0.05, 0.1) is 12.1 Å². The van der Waals surface area contributed by atoms with Gasteiger partial charge in [-0.2, -0.15) is 0 Å². The molecule has 1 amide bonds. The molecule has 4 nitrogen and oxygen atoms in total. The normalized spacial score (nSPS) is 15.4. The third-order valence-corrected chi connectivity index (χ3v) is 3.17. The van der Waals surface area contributed by atoms with Crippen molar-refractivity contribution in [2.75, 3.05) is 0 Å². The first-order valence-corrected chi connectivity index (χ1v) is 6.65. The summed E-state index contributed by atoms with van der Waals surface area (Å²) < 4.78 is 0. The van der Waals surface area contributed by atoms with Gasteiger partial charge in [-0.3, -0.25) is 10.1 Å². The van der Waals surface area contributed by atoms with Crippen LogP contribution in [0.3, 0.4) is 0 Å². The quantitative estimate of drug-likeness (QED) is 0.866. The smallest absolute Gasteiger partial charge is 0.237 e. The lowest BCUT2D eigenvalue weighted by molar-refractivity contribution is -0.124. The van der Waals surface area contributed by atoms with E-state index in [-0.39, 0.29) is 23.5 Å². The fourth-order valence-corrected chi connectivity index (χ4v) is 2.10. The van der Waals surface area contributed by atoms with E-state index in [0.717, 1.165) is 5.01 Å². The van der Waals surface area contributed by atoms with Crippen molar-refractivity contribution in [1.29, 1.82) is 0 Å². The van der Waals surface area contributed by atoms with Crippen molar-refractivity contribution < 1.29 is 4.79 Å². The van der Waals surface area contributed by atoms with Crippen LogP contribution >= 0.6 is 11.3 Å². The van der Waals surface area contributed by atoms with Gasteiger partial charge in [-0.25, -0.2) is 4.98 Å². The van der Waals surface area contributed by atoms with E-state index in [2.05, 4.69) is 15.6 Å². The Bertz CT molecular complexity index is 356. The molecule has 0 aliphatic carbocycles. The number of carbonyl (C=O) groups is 1. The maximum Gasteiger partial charge on any atom is 0.237 e. The van der Waals surface area contributed by atoms with Gasteiger partial charge in [-0.05, 0) is 34.6 Å². The summed E-state index contributed by atoms with van der Waals surface area (Å²) in [5.41, 5.74) is -0.197. The van der Waals surface area contributed by atoms with Crippen LogP contribution < -0.4 is 10.6 Å². The van der Waals surface area contributed by atoms with Gasteiger partial charge >= 0.3 is 0 Å². The number of hydrogen-bond donors (Lipinski definition) is 2. The summed E-state index contributed by atoms with van der Waals surface area (Å²) >= 11 is 1.59. The number of thiazole rings is 1. The Kier molecular flexibility index (Phi) is 4.65. The van der Waals surface area contributed by atoms with Crippen molar-refractivity contribution in [2.45, 2.75) is 52.2 Å². The number of rotatable bonds is 4. The van der Waals surface area contributed by atoms with E-state index in [1.807, 2.05) is 40.0 Å². The molecule has 96 valence electrons. The second-order valence-electron chi connectivity index (χ2n) is 5.22. The topological polar surface area (TPSA) is 54.0 Å². The molecule has 0 saturated heterocycles. The molecule has 2 N–H and O–H groups in total. The number of nitrogens with one attached hydrogen (secondary N) is 2. The minimum absolute atomic E-state index is 0.0147. The lowest BCUT2D eigenvalue weighted by Gasteiger charge is -2.25. The van der Waals surface area contributed by atoms with Crippen LogP contribution in [0, 0.1) is 0 Å². The molecule has 1 rings (SSSR count). The number of nitrogens with zero attached hydrogens (tertiary/aromatic N) is 1. The van der Waals surface area contributed by atoms with Crippen LogP contribution in [-0.4, -0.2) is 22.5 Å². The van der Waals surface area contributed by atoms with Crippen LogP contribution in [0.5, 0.6) is 0 Å². The van der Waals surface area contributed by atoms with Gasteiger partial charge in [0.1, 0.15) is 5.01 Å². The molecule has 0 radical (unpaired) electrons. The molecular weight excluding hydrogens is 234 g/mol. The van der Waals surface area contributed by atoms with Crippen LogP contribution in [0.25, 0.3) is 0 Å². The first-order valence-electron chi connectivity index (χ1n) is 5.77. The highest BCUT2D eigenvalue weighted by atomic mass is 32.1. The SMILES string of the molecule is CC(NC(C)c1nccs1)C(=O)NC(C)(C)C. The average Bonchev–Trinajstić information content (AvgIpc) is 2.67. The molecule has 17 heavy (non-hydrogen) atoms. The highest BCUT2D eigenvalue weighted by Gasteiger charge is 2.21. The highest BCUT2D eigenvalue weighted by Crippen LogP contribution is 2.15. The minimum Gasteiger partial charge on any atom is -0.350 e. The summed E-state index contributed by atoms with van der Waals surface area (Å²) in [6.45, 7) is 9.80. The highest BCUT2D eigenvalue weighted by molar-refractivity contribution is 7.09. The van der Waals surface area contributed by atoms with Gasteiger partial charge in [-0.15, -0.1) is 11.3 Å². The van der Waals surface area contributed by atoms with Crippen LogP contribution in [-0.2, 0) is 4.79 Å². The Morgan fingerprint density at radius 1 is 1.41 bits per heavy atom. The van der Waals surface area contributed by atoms with Crippen LogP contribution in [0.15, 0.2) is 11.6 Å². The third kappa shape index (κ3) is 4.83. The Labute approximate surface area is 107 Å². The van der Waals surface area contributed by atoms with Crippen LogP contribution in [0.4, 0.5) is 0 Å². The summed E-state index contributed by atoms with van der Waals surface area (Å²) in [6, 6.07) is -0.135. The first-order chi connectivity index (χ1) is 7.79. The van der Waals surface area contributed by atoms with Crippen molar-refractivity contribution in [2.24, 2.45) is 0 Å². The molecule has 1 aromatic heterocycles. The molecule has 1 heterocycles. The number of carbonyl (C=O) groups excluding carboxylic acids is 1. The van der Waals surface area contributed by atoms with E-state index >= 15 is 0 Å². The largest absolute Gasteiger partial charge is 0.350 e. The molecular formula is C12H21N3OS. The monoisotopic (exact) mass is 255 g/mol. The number of amides is 1. The van der Waals surface area contributed by atoms with E-state index < -0.39 is 0 Å².